The summed E-state index contributed by atoms with van der Waals surface area (Å²) >= 11 is 12.0. The van der Waals surface area contributed by atoms with E-state index in [-0.39, 0.29) is 10.1 Å². The Morgan fingerprint density at radius 2 is 2.09 bits per heavy atom. The Labute approximate surface area is 135 Å². The lowest BCUT2D eigenvalue weighted by Gasteiger charge is -2.21. The standard InChI is InChI=1S/C12H8Cl2F4N2OS/c13-9-6-20(11(14)22(9)19-10(21)5-15)8-3-1-2-7(4-8)12(16,17)18/h1-4,6,11H,5H2. The Kier molecular flexibility index (Phi) is 5.14. The van der Waals surface area contributed by atoms with Crippen LogP contribution in [0, 0.1) is 0 Å². The summed E-state index contributed by atoms with van der Waals surface area (Å²) in [5.74, 6) is -1.02. The number of hydrogen-bond acceptors (Lipinski definition) is 2. The first kappa shape index (κ1) is 17.2. The maximum absolute atomic E-state index is 12.7. The quantitative estimate of drug-likeness (QED) is 0.437. The van der Waals surface area contributed by atoms with E-state index >= 15 is 0 Å². The predicted octanol–water partition coefficient (Wildman–Crippen LogP) is 4.38. The third-order valence-corrected chi connectivity index (χ3v) is 5.42. The molecule has 2 atom stereocenters. The number of nitrogens with zero attached hydrogens (tertiary/aromatic N) is 2. The van der Waals surface area contributed by atoms with Crippen molar-refractivity contribution in [3.8, 4) is 0 Å². The molecule has 2 rings (SSSR count). The number of amides is 1. The molecule has 0 bridgehead atoms. The molecule has 0 spiro atoms. The van der Waals surface area contributed by atoms with Gasteiger partial charge in [-0.3, -0.25) is 4.79 Å². The fraction of sp³-hybridized carbons (Fsp3) is 0.250. The second-order valence-corrected chi connectivity index (χ2v) is 7.12. The Balaban J connectivity index is 2.36. The number of hydrogen-bond donors (Lipinski definition) is 0. The van der Waals surface area contributed by atoms with Gasteiger partial charge in [0.05, 0.1) is 5.56 Å². The zero-order chi connectivity index (χ0) is 16.5. The lowest BCUT2D eigenvalue weighted by atomic mass is 10.2. The fourth-order valence-corrected chi connectivity index (χ4v) is 4.10. The topological polar surface area (TPSA) is 32.7 Å². The van der Waals surface area contributed by atoms with Crippen molar-refractivity contribution in [3.63, 3.8) is 0 Å². The van der Waals surface area contributed by atoms with Gasteiger partial charge in [0.15, 0.2) is 11.5 Å². The lowest BCUT2D eigenvalue weighted by Crippen LogP contribution is -2.24. The van der Waals surface area contributed by atoms with Crippen LogP contribution in [0.25, 0.3) is 0 Å². The highest BCUT2D eigenvalue weighted by Gasteiger charge is 2.33. The Bertz CT molecular complexity index is 663. The van der Waals surface area contributed by atoms with E-state index in [1.165, 1.54) is 23.2 Å². The highest BCUT2D eigenvalue weighted by molar-refractivity contribution is 7.95. The van der Waals surface area contributed by atoms with Gasteiger partial charge < -0.3 is 4.90 Å². The molecular formula is C12H8Cl2F4N2OS. The summed E-state index contributed by atoms with van der Waals surface area (Å²) in [5, 5.41) is 0. The van der Waals surface area contributed by atoms with Crippen LogP contribution in [0.1, 0.15) is 5.56 Å². The third-order valence-electron chi connectivity index (χ3n) is 2.63. The number of rotatable bonds is 2. The summed E-state index contributed by atoms with van der Waals surface area (Å²) in [6.45, 7) is -1.29. The summed E-state index contributed by atoms with van der Waals surface area (Å²) in [6, 6.07) is 4.46. The average molecular weight is 375 g/mol. The SMILES string of the molecule is O=C(CF)N=S1C(Cl)=CN(c2cccc(C(F)(F)F)c2)C1Cl. The van der Waals surface area contributed by atoms with Crippen LogP contribution in [-0.2, 0) is 21.7 Å². The molecule has 2 unspecified atom stereocenters. The van der Waals surface area contributed by atoms with Crippen LogP contribution in [0.2, 0.25) is 0 Å². The Morgan fingerprint density at radius 3 is 2.68 bits per heavy atom. The summed E-state index contributed by atoms with van der Waals surface area (Å²) in [4.78, 5) is 11.3. The van der Waals surface area contributed by atoms with Gasteiger partial charge >= 0.3 is 6.18 Å². The molecule has 0 radical (unpaired) electrons. The average Bonchev–Trinajstić information content (AvgIpc) is 2.74. The smallest absolute Gasteiger partial charge is 0.319 e. The molecule has 0 fully saturated rings. The molecule has 1 heterocycles. The van der Waals surface area contributed by atoms with Gasteiger partial charge in [0, 0.05) is 11.9 Å². The molecule has 10 heteroatoms. The van der Waals surface area contributed by atoms with Crippen LogP contribution < -0.4 is 4.90 Å². The van der Waals surface area contributed by atoms with Crippen LogP contribution in [0.5, 0.6) is 0 Å². The van der Waals surface area contributed by atoms with E-state index in [1.54, 1.807) is 0 Å². The first-order valence-electron chi connectivity index (χ1n) is 5.75. The van der Waals surface area contributed by atoms with Crippen LogP contribution in [0.3, 0.4) is 0 Å². The van der Waals surface area contributed by atoms with Gasteiger partial charge in [-0.1, -0.05) is 29.3 Å². The van der Waals surface area contributed by atoms with Gasteiger partial charge in [-0.25, -0.2) is 4.39 Å². The first-order chi connectivity index (χ1) is 10.2. The van der Waals surface area contributed by atoms with Crippen molar-refractivity contribution >= 4 is 45.5 Å². The number of carbonyl (C=O) groups is 1. The largest absolute Gasteiger partial charge is 0.416 e. The third kappa shape index (κ3) is 3.61. The second kappa shape index (κ2) is 6.55. The molecule has 1 aliphatic heterocycles. The van der Waals surface area contributed by atoms with Crippen LogP contribution in [0.15, 0.2) is 39.2 Å². The van der Waals surface area contributed by atoms with E-state index in [4.69, 9.17) is 23.2 Å². The van der Waals surface area contributed by atoms with Gasteiger partial charge in [0.2, 0.25) is 0 Å². The van der Waals surface area contributed by atoms with Crippen molar-refractivity contribution < 1.29 is 22.4 Å². The highest BCUT2D eigenvalue weighted by atomic mass is 35.5. The Hall–Kier alpha value is -1.12. The van der Waals surface area contributed by atoms with Gasteiger partial charge in [-0.2, -0.15) is 17.5 Å². The first-order valence-corrected chi connectivity index (χ1v) is 7.80. The highest BCUT2D eigenvalue weighted by Crippen LogP contribution is 2.37. The normalized spacial score (nSPS) is 22.1. The molecule has 0 aliphatic carbocycles. The van der Waals surface area contributed by atoms with E-state index in [0.717, 1.165) is 12.1 Å². The molecule has 0 aromatic heterocycles. The summed E-state index contributed by atoms with van der Waals surface area (Å²) in [6.07, 6.45) is -3.21. The molecule has 3 nitrogen and oxygen atoms in total. The van der Waals surface area contributed by atoms with E-state index in [0.29, 0.717) is 0 Å². The predicted molar refractivity (Wildman–Crippen MR) is 78.3 cm³/mol. The van der Waals surface area contributed by atoms with Crippen molar-refractivity contribution in [2.45, 2.75) is 11.0 Å². The molecule has 22 heavy (non-hydrogen) atoms. The van der Waals surface area contributed by atoms with Crippen LogP contribution >= 0.6 is 23.2 Å². The van der Waals surface area contributed by atoms with Crippen LogP contribution in [-0.4, -0.2) is 17.4 Å². The maximum Gasteiger partial charge on any atom is 0.416 e. The van der Waals surface area contributed by atoms with E-state index in [1.807, 2.05) is 0 Å². The van der Waals surface area contributed by atoms with Gasteiger partial charge in [-0.05, 0) is 28.9 Å². The van der Waals surface area contributed by atoms with E-state index < -0.39 is 39.8 Å². The fourth-order valence-electron chi connectivity index (χ4n) is 1.68. The lowest BCUT2D eigenvalue weighted by molar-refractivity contribution is -0.137. The Morgan fingerprint density at radius 1 is 1.41 bits per heavy atom. The number of halogens is 6. The molecular weight excluding hydrogens is 367 g/mol. The van der Waals surface area contributed by atoms with Crippen molar-refractivity contribution in [1.82, 2.24) is 0 Å². The van der Waals surface area contributed by atoms with E-state index in [2.05, 4.69) is 4.36 Å². The van der Waals surface area contributed by atoms with Gasteiger partial charge in [-0.15, -0.1) is 0 Å². The minimum absolute atomic E-state index is 0.0687. The minimum Gasteiger partial charge on any atom is -0.319 e. The van der Waals surface area contributed by atoms with Gasteiger partial charge in [0.25, 0.3) is 5.91 Å². The summed E-state index contributed by atoms with van der Waals surface area (Å²) in [7, 11) is -1.33. The van der Waals surface area contributed by atoms with Crippen molar-refractivity contribution in [2.24, 2.45) is 4.36 Å². The molecule has 0 N–H and O–H groups in total. The monoisotopic (exact) mass is 374 g/mol. The molecule has 1 amide bonds. The van der Waals surface area contributed by atoms with Crippen molar-refractivity contribution in [2.75, 3.05) is 11.6 Å². The molecule has 1 aromatic rings. The van der Waals surface area contributed by atoms with Crippen molar-refractivity contribution in [3.05, 3.63) is 40.4 Å². The second-order valence-electron chi connectivity index (χ2n) is 4.11. The molecule has 1 aromatic carbocycles. The van der Waals surface area contributed by atoms with Gasteiger partial charge in [0.1, 0.15) is 4.36 Å². The van der Waals surface area contributed by atoms with E-state index in [9.17, 15) is 22.4 Å². The minimum atomic E-state index is -4.50. The van der Waals surface area contributed by atoms with Crippen molar-refractivity contribution in [1.29, 1.82) is 0 Å². The molecule has 0 saturated heterocycles. The molecule has 0 saturated carbocycles. The number of benzene rings is 1. The summed E-state index contributed by atoms with van der Waals surface area (Å²) in [5.41, 5.74) is -0.701. The number of anilines is 1. The maximum atomic E-state index is 12.7. The molecule has 120 valence electrons. The number of alkyl halides is 5. The zero-order valence-electron chi connectivity index (χ0n) is 10.6. The molecule has 1 aliphatic rings. The number of carbonyl (C=O) groups excluding carboxylic acids is 1. The zero-order valence-corrected chi connectivity index (χ0v) is 13.0. The summed E-state index contributed by atoms with van der Waals surface area (Å²) < 4.78 is 54.0. The van der Waals surface area contributed by atoms with Crippen LogP contribution in [0.4, 0.5) is 23.2 Å².